The standard InChI is InChI=1S/C23H34N8O2S/c1-34(32,33)19-5-3-17(4-6-19)20(15-29-7-2-8-29)30-9-11-31(12-10-30)23-21(18-13-27-28-14-18)22(24)25-16-26-23/h3-6,16,18,20,27-28H,2,7-15H2,1H3,(H2,24,25,26)/t20-/m0/s1. The summed E-state index contributed by atoms with van der Waals surface area (Å²) in [7, 11) is -3.20. The summed E-state index contributed by atoms with van der Waals surface area (Å²) >= 11 is 0. The van der Waals surface area contributed by atoms with Crippen molar-refractivity contribution in [2.45, 2.75) is 23.3 Å². The number of hydrazine groups is 1. The first-order valence-electron chi connectivity index (χ1n) is 12.0. The number of hydrogen-bond acceptors (Lipinski definition) is 10. The number of anilines is 2. The molecule has 0 bridgehead atoms. The van der Waals surface area contributed by atoms with Gasteiger partial charge in [-0.15, -0.1) is 0 Å². The second-order valence-electron chi connectivity index (χ2n) is 9.49. The minimum atomic E-state index is -3.20. The first-order valence-corrected chi connectivity index (χ1v) is 13.9. The molecule has 3 aliphatic rings. The normalized spacial score (nSPS) is 21.5. The number of benzene rings is 1. The Morgan fingerprint density at radius 3 is 2.29 bits per heavy atom. The lowest BCUT2D eigenvalue weighted by molar-refractivity contribution is 0.0965. The molecule has 0 amide bonds. The lowest BCUT2D eigenvalue weighted by Crippen LogP contribution is -2.51. The van der Waals surface area contributed by atoms with Crippen molar-refractivity contribution in [1.29, 1.82) is 0 Å². The average molecular weight is 487 g/mol. The maximum absolute atomic E-state index is 11.9. The molecule has 4 heterocycles. The van der Waals surface area contributed by atoms with Crippen molar-refractivity contribution in [3.8, 4) is 0 Å². The van der Waals surface area contributed by atoms with Crippen LogP contribution in [0, 0.1) is 0 Å². The van der Waals surface area contributed by atoms with Crippen LogP contribution in [0.1, 0.15) is 29.5 Å². The molecule has 1 aromatic carbocycles. The number of nitrogens with two attached hydrogens (primary N) is 1. The number of likely N-dealkylation sites (tertiary alicyclic amines) is 1. The zero-order chi connectivity index (χ0) is 23.7. The third-order valence-electron chi connectivity index (χ3n) is 7.25. The Balaban J connectivity index is 1.33. The quantitative estimate of drug-likeness (QED) is 0.501. The van der Waals surface area contributed by atoms with Crippen LogP contribution in [0.15, 0.2) is 35.5 Å². The third kappa shape index (κ3) is 4.89. The molecule has 0 aliphatic carbocycles. The molecule has 34 heavy (non-hydrogen) atoms. The number of hydrogen-bond donors (Lipinski definition) is 3. The molecule has 0 unspecified atom stereocenters. The fourth-order valence-electron chi connectivity index (χ4n) is 5.13. The molecule has 11 heteroatoms. The van der Waals surface area contributed by atoms with Gasteiger partial charge in [-0.25, -0.2) is 18.4 Å². The molecule has 1 aromatic heterocycles. The molecule has 3 saturated heterocycles. The highest BCUT2D eigenvalue weighted by molar-refractivity contribution is 7.90. The Labute approximate surface area is 201 Å². The molecule has 3 aliphatic heterocycles. The maximum atomic E-state index is 11.9. The molecule has 10 nitrogen and oxygen atoms in total. The van der Waals surface area contributed by atoms with E-state index in [9.17, 15) is 8.42 Å². The highest BCUT2D eigenvalue weighted by Crippen LogP contribution is 2.32. The third-order valence-corrected chi connectivity index (χ3v) is 8.38. The number of nitrogens with one attached hydrogen (secondary N) is 2. The lowest BCUT2D eigenvalue weighted by atomic mass is 10.00. The van der Waals surface area contributed by atoms with Gasteiger partial charge in [-0.1, -0.05) is 12.1 Å². The summed E-state index contributed by atoms with van der Waals surface area (Å²) < 4.78 is 23.8. The van der Waals surface area contributed by atoms with Crippen molar-refractivity contribution in [2.75, 3.05) is 75.8 Å². The first kappa shape index (κ1) is 23.4. The first-order chi connectivity index (χ1) is 16.4. The topological polar surface area (TPSA) is 120 Å². The zero-order valence-electron chi connectivity index (χ0n) is 19.7. The van der Waals surface area contributed by atoms with E-state index >= 15 is 0 Å². The highest BCUT2D eigenvalue weighted by atomic mass is 32.2. The van der Waals surface area contributed by atoms with E-state index < -0.39 is 9.84 Å². The number of nitrogen functional groups attached to an aromatic ring is 1. The van der Waals surface area contributed by atoms with E-state index in [2.05, 4.69) is 35.5 Å². The average Bonchev–Trinajstić information content (AvgIpc) is 3.32. The van der Waals surface area contributed by atoms with Crippen LogP contribution in [0.4, 0.5) is 11.6 Å². The molecule has 0 saturated carbocycles. The molecule has 4 N–H and O–H groups in total. The molecule has 184 valence electrons. The van der Waals surface area contributed by atoms with Gasteiger partial charge in [0, 0.05) is 69.6 Å². The van der Waals surface area contributed by atoms with Gasteiger partial charge in [0.1, 0.15) is 18.0 Å². The molecule has 1 atom stereocenters. The van der Waals surface area contributed by atoms with E-state index in [0.29, 0.717) is 10.7 Å². The Bertz CT molecular complexity index is 1090. The minimum Gasteiger partial charge on any atom is -0.383 e. The van der Waals surface area contributed by atoms with Crippen molar-refractivity contribution < 1.29 is 8.42 Å². The van der Waals surface area contributed by atoms with Gasteiger partial charge < -0.3 is 15.5 Å². The summed E-state index contributed by atoms with van der Waals surface area (Å²) in [6.45, 7) is 8.36. The molecule has 2 aromatic rings. The SMILES string of the molecule is CS(=O)(=O)c1ccc([C@H](CN2CCC2)N2CCN(c3ncnc(N)c3C3CNNC3)CC2)cc1. The largest absolute Gasteiger partial charge is 0.383 e. The van der Waals surface area contributed by atoms with Gasteiger partial charge in [-0.2, -0.15) is 0 Å². The summed E-state index contributed by atoms with van der Waals surface area (Å²) in [6, 6.07) is 7.68. The summed E-state index contributed by atoms with van der Waals surface area (Å²) in [4.78, 5) is 16.6. The Morgan fingerprint density at radius 1 is 1.03 bits per heavy atom. The van der Waals surface area contributed by atoms with Gasteiger partial charge in [0.05, 0.1) is 4.90 Å². The number of piperazine rings is 1. The molecule has 5 rings (SSSR count). The molecular weight excluding hydrogens is 452 g/mol. The smallest absolute Gasteiger partial charge is 0.175 e. The fourth-order valence-corrected chi connectivity index (χ4v) is 5.76. The van der Waals surface area contributed by atoms with Gasteiger partial charge in [0.15, 0.2) is 9.84 Å². The molecular formula is C23H34N8O2S. The van der Waals surface area contributed by atoms with Crippen LogP contribution in [0.3, 0.4) is 0 Å². The Morgan fingerprint density at radius 2 is 1.71 bits per heavy atom. The van der Waals surface area contributed by atoms with Gasteiger partial charge >= 0.3 is 0 Å². The van der Waals surface area contributed by atoms with Crippen molar-refractivity contribution >= 4 is 21.5 Å². The van der Waals surface area contributed by atoms with Crippen LogP contribution in [-0.2, 0) is 9.84 Å². The van der Waals surface area contributed by atoms with Crippen LogP contribution in [0.5, 0.6) is 0 Å². The van der Waals surface area contributed by atoms with Gasteiger partial charge in [0.25, 0.3) is 0 Å². The monoisotopic (exact) mass is 486 g/mol. The predicted octanol–water partition coefficient (Wildman–Crippen LogP) is 0.223. The van der Waals surface area contributed by atoms with E-state index in [1.165, 1.54) is 18.2 Å². The Hall–Kier alpha value is -2.31. The zero-order valence-corrected chi connectivity index (χ0v) is 20.5. The van der Waals surface area contributed by atoms with Crippen molar-refractivity contribution in [3.63, 3.8) is 0 Å². The van der Waals surface area contributed by atoms with Crippen molar-refractivity contribution in [3.05, 3.63) is 41.7 Å². The van der Waals surface area contributed by atoms with Crippen LogP contribution < -0.4 is 21.5 Å². The Kier molecular flexibility index (Phi) is 6.72. The summed E-state index contributed by atoms with van der Waals surface area (Å²) in [5.41, 5.74) is 14.8. The predicted molar refractivity (Wildman–Crippen MR) is 132 cm³/mol. The van der Waals surface area contributed by atoms with Gasteiger partial charge in [0.2, 0.25) is 0 Å². The molecule has 0 radical (unpaired) electrons. The van der Waals surface area contributed by atoms with Crippen LogP contribution >= 0.6 is 0 Å². The second-order valence-corrected chi connectivity index (χ2v) is 11.5. The van der Waals surface area contributed by atoms with E-state index in [1.807, 2.05) is 12.1 Å². The maximum Gasteiger partial charge on any atom is 0.175 e. The number of aromatic nitrogens is 2. The van der Waals surface area contributed by atoms with Gasteiger partial charge in [-0.05, 0) is 37.2 Å². The number of nitrogens with zero attached hydrogens (tertiary/aromatic N) is 5. The van der Waals surface area contributed by atoms with Crippen LogP contribution in [0.25, 0.3) is 0 Å². The summed E-state index contributed by atoms with van der Waals surface area (Å²) in [5.74, 6) is 1.76. The molecule has 3 fully saturated rings. The molecule has 0 spiro atoms. The highest BCUT2D eigenvalue weighted by Gasteiger charge is 2.31. The van der Waals surface area contributed by atoms with E-state index in [4.69, 9.17) is 5.73 Å². The lowest BCUT2D eigenvalue weighted by Gasteiger charge is -2.43. The number of sulfone groups is 1. The minimum absolute atomic E-state index is 0.231. The summed E-state index contributed by atoms with van der Waals surface area (Å²) in [6.07, 6.45) is 4.06. The second kappa shape index (κ2) is 9.74. The van der Waals surface area contributed by atoms with Crippen molar-refractivity contribution in [2.24, 2.45) is 0 Å². The summed E-state index contributed by atoms with van der Waals surface area (Å²) in [5, 5.41) is 0. The van der Waals surface area contributed by atoms with E-state index in [0.717, 1.165) is 70.3 Å². The van der Waals surface area contributed by atoms with Crippen LogP contribution in [-0.4, -0.2) is 93.3 Å². The van der Waals surface area contributed by atoms with Crippen LogP contribution in [0.2, 0.25) is 0 Å². The van der Waals surface area contributed by atoms with Crippen molar-refractivity contribution in [1.82, 2.24) is 30.6 Å². The fraction of sp³-hybridized carbons (Fsp3) is 0.565. The van der Waals surface area contributed by atoms with Gasteiger partial charge in [-0.3, -0.25) is 15.8 Å². The van der Waals surface area contributed by atoms with E-state index in [-0.39, 0.29) is 12.0 Å². The number of rotatable bonds is 7. The van der Waals surface area contributed by atoms with E-state index in [1.54, 1.807) is 18.5 Å².